The molecule has 1 unspecified atom stereocenters. The normalized spacial score (nSPS) is 14.6. The highest BCUT2D eigenvalue weighted by atomic mass is 35.5. The summed E-state index contributed by atoms with van der Waals surface area (Å²) in [4.78, 5) is 16.4. The SMILES string of the molecule is O=C(Cc1cccc(OCCCN(CC(c2ccccc2)c2ccccc2)C(c2ccccc2Cl)C(F)(F)F)c1)N1CCCCCC1. The van der Waals surface area contributed by atoms with Gasteiger partial charge in [-0.05, 0) is 59.7 Å². The summed E-state index contributed by atoms with van der Waals surface area (Å²) in [5.41, 5.74) is 2.77. The number of likely N-dealkylation sites (tertiary alicyclic amines) is 1. The first-order valence-corrected chi connectivity index (χ1v) is 16.8. The van der Waals surface area contributed by atoms with Crippen LogP contribution in [0.1, 0.15) is 66.3 Å². The van der Waals surface area contributed by atoms with Gasteiger partial charge >= 0.3 is 6.18 Å². The van der Waals surface area contributed by atoms with Crippen molar-refractivity contribution < 1.29 is 22.7 Å². The molecular weight excluding hydrogens is 621 g/mol. The summed E-state index contributed by atoms with van der Waals surface area (Å²) in [7, 11) is 0. The molecule has 1 aliphatic heterocycles. The van der Waals surface area contributed by atoms with Crippen molar-refractivity contribution in [2.75, 3.05) is 32.8 Å². The lowest BCUT2D eigenvalue weighted by Gasteiger charge is -2.36. The van der Waals surface area contributed by atoms with Gasteiger partial charge in [-0.2, -0.15) is 13.2 Å². The van der Waals surface area contributed by atoms with Crippen molar-refractivity contribution in [3.8, 4) is 5.75 Å². The van der Waals surface area contributed by atoms with Crippen LogP contribution in [0.2, 0.25) is 5.02 Å². The van der Waals surface area contributed by atoms with Gasteiger partial charge in [0, 0.05) is 37.1 Å². The Kier molecular flexibility index (Phi) is 12.4. The summed E-state index contributed by atoms with van der Waals surface area (Å²) >= 11 is 6.41. The third kappa shape index (κ3) is 9.85. The van der Waals surface area contributed by atoms with Crippen molar-refractivity contribution in [2.24, 2.45) is 0 Å². The monoisotopic (exact) mass is 662 g/mol. The van der Waals surface area contributed by atoms with Crippen LogP contribution in [0, 0.1) is 0 Å². The Morgan fingerprint density at radius 3 is 2.04 bits per heavy atom. The lowest BCUT2D eigenvalue weighted by atomic mass is 9.89. The minimum absolute atomic E-state index is 0.0317. The van der Waals surface area contributed by atoms with E-state index in [4.69, 9.17) is 16.3 Å². The molecule has 1 amide bonds. The van der Waals surface area contributed by atoms with Crippen LogP contribution in [0.25, 0.3) is 0 Å². The van der Waals surface area contributed by atoms with E-state index in [1.54, 1.807) is 12.1 Å². The average Bonchev–Trinajstić information content (AvgIpc) is 3.37. The fourth-order valence-corrected chi connectivity index (χ4v) is 6.66. The Bertz CT molecular complexity index is 1500. The predicted octanol–water partition coefficient (Wildman–Crippen LogP) is 9.49. The van der Waals surface area contributed by atoms with Gasteiger partial charge in [-0.25, -0.2) is 0 Å². The lowest BCUT2D eigenvalue weighted by Crippen LogP contribution is -2.42. The molecule has 0 bridgehead atoms. The van der Waals surface area contributed by atoms with E-state index in [0.717, 1.165) is 55.5 Å². The molecule has 0 saturated carbocycles. The van der Waals surface area contributed by atoms with Gasteiger partial charge in [0.1, 0.15) is 11.8 Å². The summed E-state index contributed by atoms with van der Waals surface area (Å²) in [6, 6.07) is 31.0. The summed E-state index contributed by atoms with van der Waals surface area (Å²) in [6.07, 6.45) is 0.473. The van der Waals surface area contributed by atoms with E-state index in [0.29, 0.717) is 18.6 Å². The van der Waals surface area contributed by atoms with E-state index in [1.807, 2.05) is 89.8 Å². The van der Waals surface area contributed by atoms with E-state index >= 15 is 13.2 Å². The van der Waals surface area contributed by atoms with Gasteiger partial charge in [-0.15, -0.1) is 0 Å². The van der Waals surface area contributed by atoms with E-state index in [-0.39, 0.29) is 42.1 Å². The molecule has 1 saturated heterocycles. The molecule has 4 nitrogen and oxygen atoms in total. The van der Waals surface area contributed by atoms with E-state index in [1.165, 1.54) is 17.0 Å². The van der Waals surface area contributed by atoms with Crippen LogP contribution in [0.4, 0.5) is 13.2 Å². The van der Waals surface area contributed by atoms with Crippen molar-refractivity contribution in [2.45, 2.75) is 56.7 Å². The molecule has 8 heteroatoms. The maximum atomic E-state index is 15.0. The molecule has 0 aromatic heterocycles. The second-order valence-corrected chi connectivity index (χ2v) is 12.6. The highest BCUT2D eigenvalue weighted by Crippen LogP contribution is 2.42. The molecule has 5 rings (SSSR count). The molecule has 248 valence electrons. The third-order valence-corrected chi connectivity index (χ3v) is 9.11. The number of alkyl halides is 3. The van der Waals surface area contributed by atoms with Gasteiger partial charge < -0.3 is 9.64 Å². The van der Waals surface area contributed by atoms with Crippen LogP contribution in [0.15, 0.2) is 109 Å². The molecule has 1 fully saturated rings. The second kappa shape index (κ2) is 16.8. The summed E-state index contributed by atoms with van der Waals surface area (Å²) < 4.78 is 51.1. The number of carbonyl (C=O) groups excluding carboxylic acids is 1. The maximum Gasteiger partial charge on any atom is 0.408 e. The van der Waals surface area contributed by atoms with E-state index in [9.17, 15) is 4.79 Å². The van der Waals surface area contributed by atoms with Crippen LogP contribution < -0.4 is 4.74 Å². The summed E-state index contributed by atoms with van der Waals surface area (Å²) in [6.45, 7) is 2.06. The fourth-order valence-electron chi connectivity index (χ4n) is 6.42. The number of halogens is 4. The summed E-state index contributed by atoms with van der Waals surface area (Å²) in [5.74, 6) is 0.413. The van der Waals surface area contributed by atoms with Crippen molar-refractivity contribution in [1.82, 2.24) is 9.80 Å². The molecule has 4 aromatic carbocycles. The van der Waals surface area contributed by atoms with E-state index < -0.39 is 12.2 Å². The number of ether oxygens (including phenoxy) is 1. The van der Waals surface area contributed by atoms with Gasteiger partial charge in [0.2, 0.25) is 5.91 Å². The molecule has 1 atom stereocenters. The van der Waals surface area contributed by atoms with Crippen LogP contribution >= 0.6 is 11.6 Å². The minimum atomic E-state index is -4.57. The number of benzene rings is 4. The van der Waals surface area contributed by atoms with Crippen LogP contribution in [0.5, 0.6) is 5.75 Å². The number of nitrogens with zero attached hydrogens (tertiary/aromatic N) is 2. The van der Waals surface area contributed by atoms with Crippen molar-refractivity contribution in [3.05, 3.63) is 136 Å². The fraction of sp³-hybridized carbons (Fsp3) is 0.359. The third-order valence-electron chi connectivity index (χ3n) is 8.77. The second-order valence-electron chi connectivity index (χ2n) is 12.2. The summed E-state index contributed by atoms with van der Waals surface area (Å²) in [5, 5.41) is 0.0820. The molecule has 0 aliphatic carbocycles. The first-order valence-electron chi connectivity index (χ1n) is 16.4. The van der Waals surface area contributed by atoms with Gasteiger partial charge in [0.05, 0.1) is 13.0 Å². The standard InChI is InChI=1S/C39H42ClF3N2O2/c40-36-22-10-9-21-34(36)38(39(41,42)43)45(29-35(31-16-5-3-6-17-31)32-18-7-4-8-19-32)25-14-26-47-33-20-13-15-30(27-33)28-37(46)44-23-11-1-2-12-24-44/h3-10,13,15-22,27,35,38H,1-2,11-12,14,23-26,28-29H2. The smallest absolute Gasteiger partial charge is 0.408 e. The molecule has 1 aliphatic rings. The van der Waals surface area contributed by atoms with Crippen LogP contribution in [-0.4, -0.2) is 54.7 Å². The van der Waals surface area contributed by atoms with Gasteiger partial charge in [-0.1, -0.05) is 115 Å². The van der Waals surface area contributed by atoms with Gasteiger partial charge in [-0.3, -0.25) is 9.69 Å². The first kappa shape index (κ1) is 34.5. The quantitative estimate of drug-likeness (QED) is 0.134. The number of carbonyl (C=O) groups is 1. The average molecular weight is 663 g/mol. The topological polar surface area (TPSA) is 32.8 Å². The molecular formula is C39H42ClF3N2O2. The molecule has 0 radical (unpaired) electrons. The van der Waals surface area contributed by atoms with E-state index in [2.05, 4.69) is 0 Å². The highest BCUT2D eigenvalue weighted by Gasteiger charge is 2.46. The largest absolute Gasteiger partial charge is 0.494 e. The van der Waals surface area contributed by atoms with Crippen molar-refractivity contribution >= 4 is 17.5 Å². The maximum absolute atomic E-state index is 15.0. The zero-order valence-electron chi connectivity index (χ0n) is 26.5. The van der Waals surface area contributed by atoms with Crippen LogP contribution in [0.3, 0.4) is 0 Å². The Balaban J connectivity index is 1.33. The number of hydrogen-bond donors (Lipinski definition) is 0. The van der Waals surface area contributed by atoms with Crippen molar-refractivity contribution in [1.29, 1.82) is 0 Å². The zero-order valence-corrected chi connectivity index (χ0v) is 27.3. The van der Waals surface area contributed by atoms with Gasteiger partial charge in [0.25, 0.3) is 0 Å². The minimum Gasteiger partial charge on any atom is -0.494 e. The molecule has 0 spiro atoms. The molecule has 47 heavy (non-hydrogen) atoms. The Labute approximate surface area is 281 Å². The number of rotatable bonds is 13. The first-order chi connectivity index (χ1) is 22.8. The Hall–Kier alpha value is -3.81. The molecule has 1 heterocycles. The molecule has 0 N–H and O–H groups in total. The highest BCUT2D eigenvalue weighted by molar-refractivity contribution is 6.31. The zero-order chi connectivity index (χ0) is 33.1. The van der Waals surface area contributed by atoms with Crippen LogP contribution in [-0.2, 0) is 11.2 Å². The number of amides is 1. The predicted molar refractivity (Wildman–Crippen MR) is 182 cm³/mol. The lowest BCUT2D eigenvalue weighted by molar-refractivity contribution is -0.187. The Morgan fingerprint density at radius 2 is 1.43 bits per heavy atom. The van der Waals surface area contributed by atoms with Crippen molar-refractivity contribution in [3.63, 3.8) is 0 Å². The van der Waals surface area contributed by atoms with Gasteiger partial charge in [0.15, 0.2) is 0 Å². The number of hydrogen-bond acceptors (Lipinski definition) is 3. The Morgan fingerprint density at radius 1 is 0.809 bits per heavy atom. The molecule has 4 aromatic rings.